The number of nitrogens with one attached hydrogen (secondary N) is 1. The van der Waals surface area contributed by atoms with Crippen molar-refractivity contribution < 1.29 is 14.6 Å². The topological polar surface area (TPSA) is 58.6 Å². The van der Waals surface area contributed by atoms with Crippen LogP contribution in [0.4, 0.5) is 0 Å². The van der Waals surface area contributed by atoms with E-state index in [4.69, 9.17) is 9.84 Å². The second-order valence-electron chi connectivity index (χ2n) is 4.09. The lowest BCUT2D eigenvalue weighted by Gasteiger charge is -2.09. The SMILES string of the molecule is CC(C)Oc1cccc(/C=C/C(=O)NCCO)c1. The van der Waals surface area contributed by atoms with E-state index in [0.717, 1.165) is 11.3 Å². The van der Waals surface area contributed by atoms with Crippen molar-refractivity contribution >= 4 is 12.0 Å². The lowest BCUT2D eigenvalue weighted by atomic mass is 10.2. The Labute approximate surface area is 107 Å². The number of carbonyl (C=O) groups excluding carboxylic acids is 1. The molecule has 0 bridgehead atoms. The number of aliphatic hydroxyl groups is 1. The quantitative estimate of drug-likeness (QED) is 0.753. The van der Waals surface area contributed by atoms with E-state index in [1.165, 1.54) is 6.08 Å². The van der Waals surface area contributed by atoms with Crippen LogP contribution in [-0.4, -0.2) is 30.3 Å². The van der Waals surface area contributed by atoms with E-state index in [9.17, 15) is 4.79 Å². The molecule has 4 heteroatoms. The summed E-state index contributed by atoms with van der Waals surface area (Å²) in [4.78, 5) is 11.3. The molecule has 18 heavy (non-hydrogen) atoms. The summed E-state index contributed by atoms with van der Waals surface area (Å²) in [6, 6.07) is 7.52. The molecular weight excluding hydrogens is 230 g/mol. The molecule has 0 atom stereocenters. The molecule has 0 aliphatic heterocycles. The highest BCUT2D eigenvalue weighted by Gasteiger charge is 1.98. The third kappa shape index (κ3) is 5.50. The van der Waals surface area contributed by atoms with Gasteiger partial charge in [-0.15, -0.1) is 0 Å². The fraction of sp³-hybridized carbons (Fsp3) is 0.357. The molecule has 1 amide bonds. The Bertz CT molecular complexity index is 413. The molecule has 1 rings (SSSR count). The first kappa shape index (κ1) is 14.3. The number of rotatable bonds is 6. The zero-order chi connectivity index (χ0) is 13.4. The maximum absolute atomic E-state index is 11.3. The van der Waals surface area contributed by atoms with E-state index in [1.807, 2.05) is 38.1 Å². The predicted octanol–water partition coefficient (Wildman–Crippen LogP) is 1.60. The van der Waals surface area contributed by atoms with Crippen molar-refractivity contribution in [2.45, 2.75) is 20.0 Å². The number of amides is 1. The fourth-order valence-electron chi connectivity index (χ4n) is 1.37. The summed E-state index contributed by atoms with van der Waals surface area (Å²) in [6.45, 7) is 4.13. The van der Waals surface area contributed by atoms with Crippen LogP contribution in [0.5, 0.6) is 5.75 Å². The molecule has 1 aromatic carbocycles. The predicted molar refractivity (Wildman–Crippen MR) is 71.3 cm³/mol. The first-order valence-corrected chi connectivity index (χ1v) is 5.95. The van der Waals surface area contributed by atoms with E-state index < -0.39 is 0 Å². The first-order chi connectivity index (χ1) is 8.61. The Morgan fingerprint density at radius 3 is 2.94 bits per heavy atom. The van der Waals surface area contributed by atoms with Crippen LogP contribution in [-0.2, 0) is 4.79 Å². The summed E-state index contributed by atoms with van der Waals surface area (Å²) in [5.41, 5.74) is 0.896. The second-order valence-corrected chi connectivity index (χ2v) is 4.09. The lowest BCUT2D eigenvalue weighted by molar-refractivity contribution is -0.116. The van der Waals surface area contributed by atoms with Gasteiger partial charge in [0.15, 0.2) is 0 Å². The molecule has 0 radical (unpaired) electrons. The average molecular weight is 249 g/mol. The minimum absolute atomic E-state index is 0.0582. The minimum Gasteiger partial charge on any atom is -0.491 e. The van der Waals surface area contributed by atoms with Crippen LogP contribution >= 0.6 is 0 Å². The Hall–Kier alpha value is -1.81. The third-order valence-corrected chi connectivity index (χ3v) is 2.07. The van der Waals surface area contributed by atoms with Crippen LogP contribution < -0.4 is 10.1 Å². The standard InChI is InChI=1S/C14H19NO3/c1-11(2)18-13-5-3-4-12(10-13)6-7-14(17)15-8-9-16/h3-7,10-11,16H,8-9H2,1-2H3,(H,15,17)/b7-6+. The van der Waals surface area contributed by atoms with Gasteiger partial charge in [-0.05, 0) is 37.6 Å². The zero-order valence-electron chi connectivity index (χ0n) is 10.7. The van der Waals surface area contributed by atoms with Crippen LogP contribution in [0.25, 0.3) is 6.08 Å². The highest BCUT2D eigenvalue weighted by Crippen LogP contribution is 2.15. The number of hydrogen-bond acceptors (Lipinski definition) is 3. The molecule has 0 spiro atoms. The van der Waals surface area contributed by atoms with Gasteiger partial charge in [0, 0.05) is 12.6 Å². The monoisotopic (exact) mass is 249 g/mol. The summed E-state index contributed by atoms with van der Waals surface area (Å²) in [5.74, 6) is 0.558. The van der Waals surface area contributed by atoms with E-state index in [0.29, 0.717) is 0 Å². The highest BCUT2D eigenvalue weighted by atomic mass is 16.5. The number of ether oxygens (including phenoxy) is 1. The molecular formula is C14H19NO3. The number of carbonyl (C=O) groups is 1. The molecule has 0 heterocycles. The van der Waals surface area contributed by atoms with Crippen molar-refractivity contribution in [3.8, 4) is 5.75 Å². The summed E-state index contributed by atoms with van der Waals surface area (Å²) < 4.78 is 5.56. The second kappa shape index (κ2) is 7.50. The molecule has 4 nitrogen and oxygen atoms in total. The third-order valence-electron chi connectivity index (χ3n) is 2.07. The Kier molecular flexibility index (Phi) is 5.94. The fourth-order valence-corrected chi connectivity index (χ4v) is 1.37. The van der Waals surface area contributed by atoms with Crippen molar-refractivity contribution in [1.82, 2.24) is 5.32 Å². The largest absolute Gasteiger partial charge is 0.491 e. The Balaban J connectivity index is 2.61. The molecule has 1 aromatic rings. The van der Waals surface area contributed by atoms with Gasteiger partial charge in [0.1, 0.15) is 5.75 Å². The molecule has 0 unspecified atom stereocenters. The van der Waals surface area contributed by atoms with E-state index in [2.05, 4.69) is 5.32 Å². The smallest absolute Gasteiger partial charge is 0.244 e. The Morgan fingerprint density at radius 2 is 2.28 bits per heavy atom. The summed E-state index contributed by atoms with van der Waals surface area (Å²) >= 11 is 0. The first-order valence-electron chi connectivity index (χ1n) is 5.95. The minimum atomic E-state index is -0.223. The van der Waals surface area contributed by atoms with Crippen molar-refractivity contribution in [2.24, 2.45) is 0 Å². The van der Waals surface area contributed by atoms with Gasteiger partial charge in [-0.1, -0.05) is 12.1 Å². The number of hydrogen-bond donors (Lipinski definition) is 2. The summed E-state index contributed by atoms with van der Waals surface area (Å²) in [7, 11) is 0. The maximum atomic E-state index is 11.3. The van der Waals surface area contributed by atoms with Crippen LogP contribution in [0.3, 0.4) is 0 Å². The Morgan fingerprint density at radius 1 is 1.50 bits per heavy atom. The van der Waals surface area contributed by atoms with Crippen LogP contribution in [0.15, 0.2) is 30.3 Å². The maximum Gasteiger partial charge on any atom is 0.244 e. The summed E-state index contributed by atoms with van der Waals surface area (Å²) in [5, 5.41) is 11.1. The van der Waals surface area contributed by atoms with Gasteiger partial charge in [0.2, 0.25) is 5.91 Å². The van der Waals surface area contributed by atoms with Crippen LogP contribution in [0.2, 0.25) is 0 Å². The molecule has 0 aliphatic rings. The van der Waals surface area contributed by atoms with Gasteiger partial charge in [0.25, 0.3) is 0 Å². The van der Waals surface area contributed by atoms with Gasteiger partial charge in [-0.3, -0.25) is 4.79 Å². The number of aliphatic hydroxyl groups excluding tert-OH is 1. The molecule has 0 fully saturated rings. The van der Waals surface area contributed by atoms with Gasteiger partial charge < -0.3 is 15.2 Å². The average Bonchev–Trinajstić information content (AvgIpc) is 2.33. The normalized spacial score (nSPS) is 10.9. The number of benzene rings is 1. The van der Waals surface area contributed by atoms with E-state index in [-0.39, 0.29) is 25.2 Å². The molecule has 0 saturated heterocycles. The van der Waals surface area contributed by atoms with Crippen molar-refractivity contribution in [1.29, 1.82) is 0 Å². The van der Waals surface area contributed by atoms with Crippen molar-refractivity contribution in [2.75, 3.05) is 13.2 Å². The summed E-state index contributed by atoms with van der Waals surface area (Å²) in [6.07, 6.45) is 3.27. The molecule has 0 aromatic heterocycles. The van der Waals surface area contributed by atoms with Gasteiger partial charge in [-0.25, -0.2) is 0 Å². The van der Waals surface area contributed by atoms with Gasteiger partial charge in [0.05, 0.1) is 12.7 Å². The molecule has 98 valence electrons. The van der Waals surface area contributed by atoms with Gasteiger partial charge >= 0.3 is 0 Å². The van der Waals surface area contributed by atoms with E-state index in [1.54, 1.807) is 6.08 Å². The molecule has 2 N–H and O–H groups in total. The van der Waals surface area contributed by atoms with Crippen LogP contribution in [0, 0.1) is 0 Å². The van der Waals surface area contributed by atoms with Crippen LogP contribution in [0.1, 0.15) is 19.4 Å². The lowest BCUT2D eigenvalue weighted by Crippen LogP contribution is -2.24. The highest BCUT2D eigenvalue weighted by molar-refractivity contribution is 5.91. The van der Waals surface area contributed by atoms with Crippen molar-refractivity contribution in [3.05, 3.63) is 35.9 Å². The van der Waals surface area contributed by atoms with Crippen molar-refractivity contribution in [3.63, 3.8) is 0 Å². The zero-order valence-corrected chi connectivity index (χ0v) is 10.7. The van der Waals surface area contributed by atoms with E-state index >= 15 is 0 Å². The molecule has 0 aliphatic carbocycles. The molecule has 0 saturated carbocycles. The van der Waals surface area contributed by atoms with Gasteiger partial charge in [-0.2, -0.15) is 0 Å².